The predicted octanol–water partition coefficient (Wildman–Crippen LogP) is 0.563. The first-order valence-corrected chi connectivity index (χ1v) is 7.91. The fourth-order valence-electron chi connectivity index (χ4n) is 1.74. The number of aliphatic hydroxyl groups is 2. The second-order valence-electron chi connectivity index (χ2n) is 4.14. The molecule has 1 rings (SSSR count). The monoisotopic (exact) mass is 315 g/mol. The van der Waals surface area contributed by atoms with Gasteiger partial charge in [-0.3, -0.25) is 0 Å². The molecule has 1 aromatic carbocycles. The van der Waals surface area contributed by atoms with Crippen LogP contribution in [0.3, 0.4) is 0 Å². The molecule has 0 aromatic heterocycles. The summed E-state index contributed by atoms with van der Waals surface area (Å²) in [4.78, 5) is -0.107. The van der Waals surface area contributed by atoms with E-state index in [4.69, 9.17) is 10.2 Å². The Kier molecular flexibility index (Phi) is 6.78. The van der Waals surface area contributed by atoms with E-state index in [-0.39, 0.29) is 43.2 Å². The number of halogens is 1. The van der Waals surface area contributed by atoms with Gasteiger partial charge in [0.2, 0.25) is 10.0 Å². The fraction of sp³-hybridized carbons (Fsp3) is 0.429. The van der Waals surface area contributed by atoms with Crippen molar-refractivity contribution in [2.75, 3.05) is 26.3 Å². The molecule has 5 nitrogen and oxygen atoms in total. The second kappa shape index (κ2) is 8.10. The Hall–Kier alpha value is -1.46. The summed E-state index contributed by atoms with van der Waals surface area (Å²) in [6, 6.07) is 3.26. The molecule has 1 aromatic rings. The fourth-order valence-corrected chi connectivity index (χ4v) is 3.31. The van der Waals surface area contributed by atoms with E-state index in [1.165, 1.54) is 0 Å². The highest BCUT2D eigenvalue weighted by molar-refractivity contribution is 7.89. The first kappa shape index (κ1) is 17.6. The zero-order valence-corrected chi connectivity index (χ0v) is 12.5. The lowest BCUT2D eigenvalue weighted by molar-refractivity contribution is 0.257. The van der Waals surface area contributed by atoms with Gasteiger partial charge in [-0.2, -0.15) is 4.31 Å². The van der Waals surface area contributed by atoms with Crippen LogP contribution in [0.15, 0.2) is 23.1 Å². The minimum Gasteiger partial charge on any atom is -0.395 e. The number of sulfonamides is 1. The molecule has 0 spiro atoms. The molecule has 2 N–H and O–H groups in total. The van der Waals surface area contributed by atoms with Crippen molar-refractivity contribution in [3.05, 3.63) is 29.6 Å². The third-order valence-corrected chi connectivity index (χ3v) is 4.75. The largest absolute Gasteiger partial charge is 0.395 e. The zero-order valence-electron chi connectivity index (χ0n) is 11.7. The van der Waals surface area contributed by atoms with E-state index < -0.39 is 15.8 Å². The van der Waals surface area contributed by atoms with Crippen LogP contribution in [0.2, 0.25) is 0 Å². The molecule has 0 atom stereocenters. The maximum Gasteiger partial charge on any atom is 0.244 e. The van der Waals surface area contributed by atoms with Gasteiger partial charge in [-0.05, 0) is 18.2 Å². The number of likely N-dealkylation sites (N-methyl/N-ethyl adjacent to an activating group) is 1. The molecule has 0 saturated carbocycles. The minimum atomic E-state index is -3.86. The van der Waals surface area contributed by atoms with Gasteiger partial charge in [0.05, 0.1) is 18.1 Å². The lowest BCUT2D eigenvalue weighted by Gasteiger charge is -2.20. The molecular formula is C14H18FNO4S. The number of aliphatic hydroxyl groups excluding tert-OH is 2. The highest BCUT2D eigenvalue weighted by Crippen LogP contribution is 2.20. The van der Waals surface area contributed by atoms with Crippen molar-refractivity contribution in [3.8, 4) is 11.8 Å². The maximum atomic E-state index is 13.3. The van der Waals surface area contributed by atoms with E-state index >= 15 is 0 Å². The van der Waals surface area contributed by atoms with Gasteiger partial charge < -0.3 is 10.2 Å². The van der Waals surface area contributed by atoms with Crippen LogP contribution in [0.1, 0.15) is 18.9 Å². The summed E-state index contributed by atoms with van der Waals surface area (Å²) in [6.07, 6.45) is 0.171. The van der Waals surface area contributed by atoms with E-state index in [1.54, 1.807) is 6.92 Å². The quantitative estimate of drug-likeness (QED) is 0.752. The van der Waals surface area contributed by atoms with Gasteiger partial charge in [0.1, 0.15) is 5.82 Å². The zero-order chi connectivity index (χ0) is 15.9. The summed E-state index contributed by atoms with van der Waals surface area (Å²) in [7, 11) is -3.86. The van der Waals surface area contributed by atoms with Crippen LogP contribution in [0.25, 0.3) is 0 Å². The van der Waals surface area contributed by atoms with E-state index in [1.807, 2.05) is 0 Å². The molecule has 116 valence electrons. The molecule has 0 bridgehead atoms. The van der Waals surface area contributed by atoms with Crippen molar-refractivity contribution in [2.45, 2.75) is 18.2 Å². The third-order valence-electron chi connectivity index (χ3n) is 2.72. The summed E-state index contributed by atoms with van der Waals surface area (Å²) in [5.74, 6) is 4.55. The summed E-state index contributed by atoms with van der Waals surface area (Å²) >= 11 is 0. The Bertz CT molecular complexity index is 634. The highest BCUT2D eigenvalue weighted by atomic mass is 32.2. The number of hydrogen-bond acceptors (Lipinski definition) is 4. The molecule has 0 aliphatic carbocycles. The van der Waals surface area contributed by atoms with Crippen LogP contribution in [-0.2, 0) is 10.0 Å². The predicted molar refractivity (Wildman–Crippen MR) is 76.5 cm³/mol. The Labute approximate surface area is 124 Å². The first-order valence-electron chi connectivity index (χ1n) is 6.47. The average Bonchev–Trinajstić information content (AvgIpc) is 2.44. The molecule has 0 saturated heterocycles. The molecule has 0 aliphatic rings. The average molecular weight is 315 g/mol. The highest BCUT2D eigenvalue weighted by Gasteiger charge is 2.25. The van der Waals surface area contributed by atoms with Crippen LogP contribution in [0, 0.1) is 17.7 Å². The molecule has 0 amide bonds. The number of hydrogen-bond donors (Lipinski definition) is 2. The lowest BCUT2D eigenvalue weighted by Crippen LogP contribution is -2.33. The number of rotatable bonds is 6. The Morgan fingerprint density at radius 1 is 1.29 bits per heavy atom. The Morgan fingerprint density at radius 3 is 2.57 bits per heavy atom. The minimum absolute atomic E-state index is 0.0415. The van der Waals surface area contributed by atoms with E-state index in [0.29, 0.717) is 0 Å². The van der Waals surface area contributed by atoms with Gasteiger partial charge in [0.15, 0.2) is 0 Å². The SMILES string of the molecule is CCN(CCO)S(=O)(=O)c1ccc(F)cc1C#CCCO. The smallest absolute Gasteiger partial charge is 0.244 e. The van der Waals surface area contributed by atoms with Crippen molar-refractivity contribution in [1.82, 2.24) is 4.31 Å². The van der Waals surface area contributed by atoms with Crippen LogP contribution < -0.4 is 0 Å². The molecule has 0 unspecified atom stereocenters. The summed E-state index contributed by atoms with van der Waals surface area (Å²) in [6.45, 7) is 1.33. The number of benzene rings is 1. The molecule has 21 heavy (non-hydrogen) atoms. The standard InChI is InChI=1S/C14H18FNO4S/c1-2-16(8-10-18)21(19,20)14-7-6-13(15)11-12(14)5-3-4-9-17/h6-7,11,17-18H,2,4,8-10H2,1H3. The van der Waals surface area contributed by atoms with E-state index in [0.717, 1.165) is 22.5 Å². The summed E-state index contributed by atoms with van der Waals surface area (Å²) in [5.41, 5.74) is 0.0415. The van der Waals surface area contributed by atoms with Crippen LogP contribution in [-0.4, -0.2) is 49.2 Å². The van der Waals surface area contributed by atoms with Gasteiger partial charge in [0.25, 0.3) is 0 Å². The molecule has 7 heteroatoms. The normalized spacial score (nSPS) is 11.3. The summed E-state index contributed by atoms with van der Waals surface area (Å²) in [5, 5.41) is 17.6. The van der Waals surface area contributed by atoms with Gasteiger partial charge in [-0.25, -0.2) is 12.8 Å². The summed E-state index contributed by atoms with van der Waals surface area (Å²) < 4.78 is 39.4. The Balaban J connectivity index is 3.32. The van der Waals surface area contributed by atoms with E-state index in [9.17, 15) is 12.8 Å². The third kappa shape index (κ3) is 4.51. The van der Waals surface area contributed by atoms with E-state index in [2.05, 4.69) is 11.8 Å². The van der Waals surface area contributed by atoms with Gasteiger partial charge in [-0.15, -0.1) is 0 Å². The second-order valence-corrected chi connectivity index (χ2v) is 6.04. The number of nitrogens with zero attached hydrogens (tertiary/aromatic N) is 1. The molecule has 0 heterocycles. The first-order chi connectivity index (χ1) is 9.97. The van der Waals surface area contributed by atoms with Crippen molar-refractivity contribution < 1.29 is 23.0 Å². The molecule has 0 radical (unpaired) electrons. The molecule has 0 aliphatic heterocycles. The molecule has 0 fully saturated rings. The Morgan fingerprint density at radius 2 is 2.00 bits per heavy atom. The van der Waals surface area contributed by atoms with Crippen LogP contribution in [0.4, 0.5) is 4.39 Å². The van der Waals surface area contributed by atoms with Crippen LogP contribution >= 0.6 is 0 Å². The lowest BCUT2D eigenvalue weighted by atomic mass is 10.2. The van der Waals surface area contributed by atoms with Crippen molar-refractivity contribution in [2.24, 2.45) is 0 Å². The van der Waals surface area contributed by atoms with Crippen LogP contribution in [0.5, 0.6) is 0 Å². The van der Waals surface area contributed by atoms with Gasteiger partial charge >= 0.3 is 0 Å². The van der Waals surface area contributed by atoms with Gasteiger partial charge in [0, 0.05) is 25.1 Å². The van der Waals surface area contributed by atoms with Crippen molar-refractivity contribution >= 4 is 10.0 Å². The molecular weight excluding hydrogens is 297 g/mol. The topological polar surface area (TPSA) is 77.8 Å². The van der Waals surface area contributed by atoms with Crippen molar-refractivity contribution in [1.29, 1.82) is 0 Å². The van der Waals surface area contributed by atoms with Crippen molar-refractivity contribution in [3.63, 3.8) is 0 Å². The maximum absolute atomic E-state index is 13.3. The van der Waals surface area contributed by atoms with Gasteiger partial charge in [-0.1, -0.05) is 18.8 Å².